The molecule has 0 bridgehead atoms. The molecule has 0 aliphatic carbocycles. The number of carbonyl (C=O) groups excluding carboxylic acids is 2. The Balaban J connectivity index is 1.86. The smallest absolute Gasteiger partial charge is 0.224 e. The summed E-state index contributed by atoms with van der Waals surface area (Å²) in [6.07, 6.45) is 13.1. The van der Waals surface area contributed by atoms with E-state index < -0.39 is 0 Å². The fraction of sp³-hybridized carbons (Fsp3) is 0.512. The Kier molecular flexibility index (Phi) is 12.9. The molecule has 0 saturated heterocycles. The van der Waals surface area contributed by atoms with E-state index in [2.05, 4.69) is 88.4 Å². The van der Waals surface area contributed by atoms with Crippen LogP contribution < -0.4 is 5.32 Å². The molecular formula is C41H59NO4. The fourth-order valence-electron chi connectivity index (χ4n) is 5.28. The highest BCUT2D eigenvalue weighted by atomic mass is 16.3. The van der Waals surface area contributed by atoms with Crippen LogP contribution in [0.2, 0.25) is 0 Å². The largest absolute Gasteiger partial charge is 0.507 e. The SMILES string of the molecule is CC(C)(C)c1cc(CCC(=O)C/C=C/C=C/C=C/NC(=O)CCc2cc(C(C)(C)C)c(O)c(C(C)(C)C)c2)cc(C(C)(C)C)c1O. The highest BCUT2D eigenvalue weighted by molar-refractivity contribution is 5.80. The van der Waals surface area contributed by atoms with Crippen LogP contribution in [0.5, 0.6) is 11.5 Å². The number of phenols is 2. The van der Waals surface area contributed by atoms with Gasteiger partial charge in [-0.25, -0.2) is 0 Å². The van der Waals surface area contributed by atoms with Gasteiger partial charge in [-0.2, -0.15) is 0 Å². The summed E-state index contributed by atoms with van der Waals surface area (Å²) in [4.78, 5) is 25.0. The number of nitrogens with one attached hydrogen (secondary N) is 1. The van der Waals surface area contributed by atoms with Gasteiger partial charge in [0, 0.05) is 25.5 Å². The maximum atomic E-state index is 12.6. The van der Waals surface area contributed by atoms with E-state index in [1.807, 2.05) is 48.6 Å². The monoisotopic (exact) mass is 629 g/mol. The van der Waals surface area contributed by atoms with Gasteiger partial charge in [0.1, 0.15) is 17.3 Å². The molecule has 0 heterocycles. The lowest BCUT2D eigenvalue weighted by atomic mass is 9.78. The summed E-state index contributed by atoms with van der Waals surface area (Å²) in [6, 6.07) is 8.13. The van der Waals surface area contributed by atoms with Crippen LogP contribution in [0, 0.1) is 0 Å². The first kappa shape index (κ1) is 38.6. The third-order valence-electron chi connectivity index (χ3n) is 8.06. The van der Waals surface area contributed by atoms with Gasteiger partial charge in [0.2, 0.25) is 5.91 Å². The van der Waals surface area contributed by atoms with Crippen LogP contribution >= 0.6 is 0 Å². The lowest BCUT2D eigenvalue weighted by Gasteiger charge is -2.28. The van der Waals surface area contributed by atoms with Crippen molar-refractivity contribution >= 4 is 11.7 Å². The van der Waals surface area contributed by atoms with Crippen molar-refractivity contribution < 1.29 is 19.8 Å². The Hall–Kier alpha value is -3.60. The Bertz CT molecular complexity index is 1280. The molecule has 0 radical (unpaired) electrons. The molecule has 0 spiro atoms. The quantitative estimate of drug-likeness (QED) is 0.216. The van der Waals surface area contributed by atoms with Crippen LogP contribution in [-0.4, -0.2) is 21.9 Å². The summed E-state index contributed by atoms with van der Waals surface area (Å²) in [5.41, 5.74) is 4.93. The predicted octanol–water partition coefficient (Wildman–Crippen LogP) is 9.55. The lowest BCUT2D eigenvalue weighted by molar-refractivity contribution is -0.120. The summed E-state index contributed by atoms with van der Waals surface area (Å²) in [6.45, 7) is 25.1. The molecule has 0 aliphatic heterocycles. The number of Topliss-reactive ketones (excluding diaryl/α,β-unsaturated/α-hetero) is 1. The van der Waals surface area contributed by atoms with Gasteiger partial charge in [0.05, 0.1) is 0 Å². The average molecular weight is 630 g/mol. The van der Waals surface area contributed by atoms with Crippen LogP contribution in [0.4, 0.5) is 0 Å². The first-order valence-corrected chi connectivity index (χ1v) is 16.5. The van der Waals surface area contributed by atoms with E-state index in [1.54, 1.807) is 12.3 Å². The van der Waals surface area contributed by atoms with E-state index in [-0.39, 0.29) is 33.4 Å². The zero-order chi connectivity index (χ0) is 35.1. The number of carbonyl (C=O) groups is 2. The third kappa shape index (κ3) is 11.6. The minimum atomic E-state index is -0.208. The molecule has 5 nitrogen and oxygen atoms in total. The summed E-state index contributed by atoms with van der Waals surface area (Å²) in [5, 5.41) is 24.7. The topological polar surface area (TPSA) is 86.6 Å². The number of allylic oxidation sites excluding steroid dienone is 5. The first-order valence-electron chi connectivity index (χ1n) is 16.5. The van der Waals surface area contributed by atoms with E-state index in [0.29, 0.717) is 43.6 Å². The van der Waals surface area contributed by atoms with E-state index in [0.717, 1.165) is 33.4 Å². The number of benzene rings is 2. The predicted molar refractivity (Wildman–Crippen MR) is 193 cm³/mol. The number of amides is 1. The van der Waals surface area contributed by atoms with Crippen LogP contribution in [0.15, 0.2) is 60.8 Å². The van der Waals surface area contributed by atoms with Crippen molar-refractivity contribution in [1.82, 2.24) is 5.32 Å². The lowest BCUT2D eigenvalue weighted by Crippen LogP contribution is -2.19. The van der Waals surface area contributed by atoms with Crippen molar-refractivity contribution in [2.45, 2.75) is 137 Å². The van der Waals surface area contributed by atoms with Gasteiger partial charge >= 0.3 is 0 Å². The third-order valence-corrected chi connectivity index (χ3v) is 8.06. The van der Waals surface area contributed by atoms with Gasteiger partial charge in [-0.3, -0.25) is 9.59 Å². The van der Waals surface area contributed by atoms with Crippen LogP contribution in [-0.2, 0) is 44.1 Å². The second kappa shape index (κ2) is 15.3. The van der Waals surface area contributed by atoms with Crippen molar-refractivity contribution in [3.8, 4) is 11.5 Å². The van der Waals surface area contributed by atoms with Gasteiger partial charge in [0.15, 0.2) is 0 Å². The first-order chi connectivity index (χ1) is 21.0. The molecule has 0 unspecified atom stereocenters. The van der Waals surface area contributed by atoms with Gasteiger partial charge in [-0.05, 0) is 74.0 Å². The van der Waals surface area contributed by atoms with Crippen LogP contribution in [0.25, 0.3) is 0 Å². The summed E-state index contributed by atoms with van der Waals surface area (Å²) < 4.78 is 0. The fourth-order valence-corrected chi connectivity index (χ4v) is 5.28. The van der Waals surface area contributed by atoms with Crippen molar-refractivity contribution in [3.05, 3.63) is 94.2 Å². The molecule has 0 aromatic heterocycles. The van der Waals surface area contributed by atoms with Gasteiger partial charge in [0.25, 0.3) is 0 Å². The van der Waals surface area contributed by atoms with E-state index in [1.165, 1.54) is 0 Å². The van der Waals surface area contributed by atoms with Crippen LogP contribution in [0.3, 0.4) is 0 Å². The number of hydrogen-bond acceptors (Lipinski definition) is 4. The summed E-state index contributed by atoms with van der Waals surface area (Å²) in [7, 11) is 0. The second-order valence-corrected chi connectivity index (χ2v) is 16.6. The summed E-state index contributed by atoms with van der Waals surface area (Å²) >= 11 is 0. The molecular weight excluding hydrogens is 570 g/mol. The van der Waals surface area contributed by atoms with Crippen molar-refractivity contribution in [3.63, 3.8) is 0 Å². The molecule has 252 valence electrons. The van der Waals surface area contributed by atoms with Crippen molar-refractivity contribution in [2.24, 2.45) is 0 Å². The van der Waals surface area contributed by atoms with Crippen molar-refractivity contribution in [2.75, 3.05) is 0 Å². The van der Waals surface area contributed by atoms with Gasteiger partial charge < -0.3 is 15.5 Å². The number of aryl methyl sites for hydroxylation is 2. The van der Waals surface area contributed by atoms with E-state index in [4.69, 9.17) is 0 Å². The Morgan fingerprint density at radius 1 is 0.587 bits per heavy atom. The molecule has 46 heavy (non-hydrogen) atoms. The molecule has 1 amide bonds. The zero-order valence-corrected chi connectivity index (χ0v) is 30.5. The number of aromatic hydroxyl groups is 2. The Labute approximate surface area is 278 Å². The molecule has 0 atom stereocenters. The Morgan fingerprint density at radius 3 is 1.35 bits per heavy atom. The molecule has 0 aliphatic rings. The van der Waals surface area contributed by atoms with Crippen LogP contribution in [0.1, 0.15) is 136 Å². The zero-order valence-electron chi connectivity index (χ0n) is 30.5. The van der Waals surface area contributed by atoms with Gasteiger partial charge in [-0.1, -0.05) is 132 Å². The minimum absolute atomic E-state index is 0.0775. The highest BCUT2D eigenvalue weighted by Crippen LogP contribution is 2.41. The molecule has 3 N–H and O–H groups in total. The minimum Gasteiger partial charge on any atom is -0.507 e. The van der Waals surface area contributed by atoms with Crippen molar-refractivity contribution in [1.29, 1.82) is 0 Å². The van der Waals surface area contributed by atoms with Gasteiger partial charge in [-0.15, -0.1) is 0 Å². The number of rotatable bonds is 11. The average Bonchev–Trinajstić information content (AvgIpc) is 2.90. The maximum Gasteiger partial charge on any atom is 0.224 e. The van der Waals surface area contributed by atoms with E-state index >= 15 is 0 Å². The molecule has 5 heteroatoms. The number of hydrogen-bond donors (Lipinski definition) is 3. The molecule has 2 aromatic carbocycles. The molecule has 2 aromatic rings. The maximum absolute atomic E-state index is 12.6. The Morgan fingerprint density at radius 2 is 0.957 bits per heavy atom. The molecule has 0 saturated carbocycles. The number of ketones is 1. The highest BCUT2D eigenvalue weighted by Gasteiger charge is 2.28. The summed E-state index contributed by atoms with van der Waals surface area (Å²) in [5.74, 6) is 0.788. The van der Waals surface area contributed by atoms with E-state index in [9.17, 15) is 19.8 Å². The second-order valence-electron chi connectivity index (χ2n) is 16.6. The molecule has 0 fully saturated rings. The number of phenolic OH excluding ortho intramolecular Hbond substituents is 2. The molecule has 2 rings (SSSR count). The standard InChI is InChI=1S/C41H59NO4/c1-38(2,3)31-24-28(25-32(36(31)45)39(4,5)6)19-21-30(43)18-16-14-13-15-17-23-42-35(44)22-20-29-26-33(40(7,8)9)37(46)34(27-29)41(10,11)12/h13-17,23-27,45-46H,18-22H2,1-12H3,(H,42,44)/b15-13+,16-14+,23-17+. The normalized spacial score (nSPS) is 13.3.